The fourth-order valence-electron chi connectivity index (χ4n) is 0.592. The van der Waals surface area contributed by atoms with Crippen molar-refractivity contribution in [1.82, 2.24) is 0 Å². The Labute approximate surface area is 72.9 Å². The maximum atomic E-state index is 12.7. The first kappa shape index (κ1) is 12.2. The van der Waals surface area contributed by atoms with Crippen molar-refractivity contribution in [2.45, 2.75) is 26.2 Å². The SMILES string of the molecule is CCOC(=O)C(F)C(C)C(F)(F)F. The molecule has 0 aromatic heterocycles. The molecule has 0 aromatic carbocycles. The Kier molecular flexibility index (Phi) is 4.16. The number of rotatable bonds is 3. The van der Waals surface area contributed by atoms with Gasteiger partial charge in [-0.3, -0.25) is 0 Å². The first-order chi connectivity index (χ1) is 5.80. The van der Waals surface area contributed by atoms with Gasteiger partial charge in [-0.05, 0) is 6.92 Å². The van der Waals surface area contributed by atoms with E-state index in [0.29, 0.717) is 6.92 Å². The summed E-state index contributed by atoms with van der Waals surface area (Å²) in [5, 5.41) is 0. The smallest absolute Gasteiger partial charge is 0.394 e. The molecule has 0 fully saturated rings. The molecule has 0 bridgehead atoms. The topological polar surface area (TPSA) is 26.3 Å². The van der Waals surface area contributed by atoms with Crippen molar-refractivity contribution in [3.8, 4) is 0 Å². The Hall–Kier alpha value is -0.810. The van der Waals surface area contributed by atoms with Crippen LogP contribution in [0.15, 0.2) is 0 Å². The summed E-state index contributed by atoms with van der Waals surface area (Å²) in [6, 6.07) is 0. The second-order valence-corrected chi connectivity index (χ2v) is 2.48. The van der Waals surface area contributed by atoms with Gasteiger partial charge in [0, 0.05) is 0 Å². The van der Waals surface area contributed by atoms with Crippen LogP contribution in [0.25, 0.3) is 0 Å². The predicted molar refractivity (Wildman–Crippen MR) is 36.7 cm³/mol. The van der Waals surface area contributed by atoms with Crippen LogP contribution in [0.5, 0.6) is 0 Å². The van der Waals surface area contributed by atoms with Gasteiger partial charge in [0.2, 0.25) is 6.17 Å². The third kappa shape index (κ3) is 3.61. The lowest BCUT2D eigenvalue weighted by Crippen LogP contribution is -2.35. The molecule has 0 N–H and O–H groups in total. The minimum absolute atomic E-state index is 0.135. The van der Waals surface area contributed by atoms with Gasteiger partial charge in [0.1, 0.15) is 0 Å². The second-order valence-electron chi connectivity index (χ2n) is 2.48. The lowest BCUT2D eigenvalue weighted by Gasteiger charge is -2.17. The number of alkyl halides is 4. The van der Waals surface area contributed by atoms with E-state index in [1.165, 1.54) is 6.92 Å². The normalized spacial score (nSPS) is 16.5. The van der Waals surface area contributed by atoms with Gasteiger partial charge in [0.05, 0.1) is 12.5 Å². The molecule has 6 heteroatoms. The molecule has 2 nitrogen and oxygen atoms in total. The average molecular weight is 202 g/mol. The predicted octanol–water partition coefficient (Wildman–Crippen LogP) is 2.09. The minimum atomic E-state index is -4.72. The van der Waals surface area contributed by atoms with Crippen molar-refractivity contribution in [1.29, 1.82) is 0 Å². The zero-order valence-electron chi connectivity index (χ0n) is 7.19. The van der Waals surface area contributed by atoms with Gasteiger partial charge in [0.25, 0.3) is 0 Å². The van der Waals surface area contributed by atoms with Crippen LogP contribution in [-0.4, -0.2) is 24.9 Å². The van der Waals surface area contributed by atoms with E-state index in [0.717, 1.165) is 0 Å². The number of esters is 1. The van der Waals surface area contributed by atoms with Crippen LogP contribution in [0.4, 0.5) is 17.6 Å². The summed E-state index contributed by atoms with van der Waals surface area (Å²) in [5.74, 6) is -3.79. The first-order valence-corrected chi connectivity index (χ1v) is 3.68. The summed E-state index contributed by atoms with van der Waals surface area (Å²) in [6.45, 7) is 1.86. The Balaban J connectivity index is 4.25. The van der Waals surface area contributed by atoms with Gasteiger partial charge < -0.3 is 4.74 Å². The van der Waals surface area contributed by atoms with Crippen LogP contribution in [-0.2, 0) is 9.53 Å². The fraction of sp³-hybridized carbons (Fsp3) is 0.857. The molecule has 0 heterocycles. The van der Waals surface area contributed by atoms with E-state index < -0.39 is 24.2 Å². The monoisotopic (exact) mass is 202 g/mol. The average Bonchev–Trinajstić information content (AvgIpc) is 2.00. The Morgan fingerprint density at radius 3 is 2.23 bits per heavy atom. The standard InChI is InChI=1S/C7H10F4O2/c1-3-13-6(12)5(8)4(2)7(9,10)11/h4-5H,3H2,1-2H3. The highest BCUT2D eigenvalue weighted by Gasteiger charge is 2.45. The minimum Gasteiger partial charge on any atom is -0.464 e. The summed E-state index contributed by atoms with van der Waals surface area (Å²) in [4.78, 5) is 10.5. The first-order valence-electron chi connectivity index (χ1n) is 3.68. The van der Waals surface area contributed by atoms with E-state index in [-0.39, 0.29) is 6.61 Å². The molecule has 0 rings (SSSR count). The number of carbonyl (C=O) groups is 1. The third-order valence-electron chi connectivity index (χ3n) is 1.47. The van der Waals surface area contributed by atoms with Crippen LogP contribution >= 0.6 is 0 Å². The second kappa shape index (κ2) is 4.43. The molecule has 0 aliphatic rings. The molecule has 0 radical (unpaired) electrons. The quantitative estimate of drug-likeness (QED) is 0.517. The summed E-state index contributed by atoms with van der Waals surface area (Å²) in [7, 11) is 0. The molecule has 0 saturated carbocycles. The highest BCUT2D eigenvalue weighted by atomic mass is 19.4. The highest BCUT2D eigenvalue weighted by Crippen LogP contribution is 2.30. The molecule has 2 atom stereocenters. The van der Waals surface area contributed by atoms with Crippen LogP contribution in [0.2, 0.25) is 0 Å². The van der Waals surface area contributed by atoms with E-state index >= 15 is 0 Å². The van der Waals surface area contributed by atoms with Crippen molar-refractivity contribution >= 4 is 5.97 Å². The van der Waals surface area contributed by atoms with E-state index in [2.05, 4.69) is 4.74 Å². The highest BCUT2D eigenvalue weighted by molar-refractivity contribution is 5.74. The summed E-state index contributed by atoms with van der Waals surface area (Å²) >= 11 is 0. The Bertz CT molecular complexity index is 178. The number of hydrogen-bond acceptors (Lipinski definition) is 2. The molecule has 0 spiro atoms. The Morgan fingerprint density at radius 1 is 1.46 bits per heavy atom. The fourth-order valence-corrected chi connectivity index (χ4v) is 0.592. The Morgan fingerprint density at radius 2 is 1.92 bits per heavy atom. The molecular formula is C7H10F4O2. The van der Waals surface area contributed by atoms with E-state index in [1.807, 2.05) is 0 Å². The summed E-state index contributed by atoms with van der Waals surface area (Å²) in [6.07, 6.45) is -7.36. The molecule has 13 heavy (non-hydrogen) atoms. The van der Waals surface area contributed by atoms with Crippen LogP contribution in [0.3, 0.4) is 0 Å². The van der Waals surface area contributed by atoms with Crippen molar-refractivity contribution < 1.29 is 27.1 Å². The van der Waals surface area contributed by atoms with E-state index in [9.17, 15) is 22.4 Å². The van der Waals surface area contributed by atoms with Crippen molar-refractivity contribution in [2.24, 2.45) is 5.92 Å². The van der Waals surface area contributed by atoms with Crippen molar-refractivity contribution in [3.63, 3.8) is 0 Å². The number of hydrogen-bond donors (Lipinski definition) is 0. The van der Waals surface area contributed by atoms with Crippen LogP contribution < -0.4 is 0 Å². The third-order valence-corrected chi connectivity index (χ3v) is 1.47. The lowest BCUT2D eigenvalue weighted by molar-refractivity contribution is -0.195. The van der Waals surface area contributed by atoms with Gasteiger partial charge in [-0.2, -0.15) is 13.2 Å². The van der Waals surface area contributed by atoms with Gasteiger partial charge >= 0.3 is 12.1 Å². The van der Waals surface area contributed by atoms with Crippen molar-refractivity contribution in [3.05, 3.63) is 0 Å². The zero-order valence-corrected chi connectivity index (χ0v) is 7.19. The van der Waals surface area contributed by atoms with Gasteiger partial charge in [-0.1, -0.05) is 6.92 Å². The van der Waals surface area contributed by atoms with Crippen molar-refractivity contribution in [2.75, 3.05) is 6.61 Å². The number of carbonyl (C=O) groups excluding carboxylic acids is 1. The molecule has 0 aliphatic carbocycles. The lowest BCUT2D eigenvalue weighted by atomic mass is 10.1. The molecule has 2 unspecified atom stereocenters. The van der Waals surface area contributed by atoms with E-state index in [4.69, 9.17) is 0 Å². The molecule has 0 amide bonds. The van der Waals surface area contributed by atoms with Gasteiger partial charge in [-0.15, -0.1) is 0 Å². The maximum absolute atomic E-state index is 12.7. The van der Waals surface area contributed by atoms with Gasteiger partial charge in [-0.25, -0.2) is 9.18 Å². The molecule has 78 valence electrons. The largest absolute Gasteiger partial charge is 0.464 e. The van der Waals surface area contributed by atoms with Gasteiger partial charge in [0.15, 0.2) is 0 Å². The molecular weight excluding hydrogens is 192 g/mol. The van der Waals surface area contributed by atoms with Crippen LogP contribution in [0, 0.1) is 5.92 Å². The number of halogens is 4. The molecule has 0 saturated heterocycles. The summed E-state index contributed by atoms with van der Waals surface area (Å²) in [5.41, 5.74) is 0. The maximum Gasteiger partial charge on any atom is 0.394 e. The molecule has 0 aliphatic heterocycles. The zero-order chi connectivity index (χ0) is 10.6. The molecule has 0 aromatic rings. The van der Waals surface area contributed by atoms with Crippen LogP contribution in [0.1, 0.15) is 13.8 Å². The van der Waals surface area contributed by atoms with E-state index in [1.54, 1.807) is 0 Å². The number of ether oxygens (including phenoxy) is 1. The summed E-state index contributed by atoms with van der Waals surface area (Å²) < 4.78 is 52.3.